The van der Waals surface area contributed by atoms with Gasteiger partial charge in [0.25, 0.3) is 0 Å². The van der Waals surface area contributed by atoms with E-state index < -0.39 is 8.32 Å². The second kappa shape index (κ2) is 8.03. The average molecular weight is 399 g/mol. The molecule has 0 unspecified atom stereocenters. The van der Waals surface area contributed by atoms with Crippen molar-refractivity contribution >= 4 is 25.2 Å². The highest BCUT2D eigenvalue weighted by Crippen LogP contribution is 2.36. The summed E-state index contributed by atoms with van der Waals surface area (Å²) in [7, 11) is -1.75. The summed E-state index contributed by atoms with van der Waals surface area (Å²) in [5, 5.41) is 1.05. The molecule has 2 aromatic heterocycles. The van der Waals surface area contributed by atoms with Crippen molar-refractivity contribution in [1.29, 1.82) is 0 Å². The first-order valence-electron chi connectivity index (χ1n) is 9.57. The number of ether oxygens (including phenoxy) is 1. The zero-order valence-electron chi connectivity index (χ0n) is 17.4. The Hall–Kier alpha value is -2.22. The van der Waals surface area contributed by atoms with Crippen LogP contribution in [-0.2, 0) is 15.9 Å². The lowest BCUT2D eigenvalue weighted by Gasteiger charge is -2.36. The molecule has 0 fully saturated rings. The summed E-state index contributed by atoms with van der Waals surface area (Å²) in [5.74, 6) is 0.476. The van der Waals surface area contributed by atoms with Crippen molar-refractivity contribution in [2.24, 2.45) is 0 Å². The minimum Gasteiger partial charge on any atom is -0.414 e. The zero-order valence-corrected chi connectivity index (χ0v) is 18.4. The lowest BCUT2D eigenvalue weighted by molar-refractivity contribution is 0.0528. The van der Waals surface area contributed by atoms with E-state index in [1.165, 1.54) is 6.33 Å². The van der Waals surface area contributed by atoms with Gasteiger partial charge in [-0.3, -0.25) is 0 Å². The van der Waals surface area contributed by atoms with Crippen molar-refractivity contribution < 1.29 is 9.16 Å². The molecule has 0 radical (unpaired) electrons. The van der Waals surface area contributed by atoms with E-state index in [-0.39, 0.29) is 5.04 Å². The summed E-state index contributed by atoms with van der Waals surface area (Å²) >= 11 is 0. The number of nitrogens with zero attached hydrogens (tertiary/aromatic N) is 3. The standard InChI is InChI=1S/C21H30N4O2Si/c1-21(2,3)28(4,5)27-12-11-26-15-25-13-17(16-9-7-6-8-10-16)18-19(22)23-14-24-20(18)25/h6-10,13-14H,11-12,15H2,1-5H3,(H2,22,23,24). The molecule has 0 bridgehead atoms. The van der Waals surface area contributed by atoms with E-state index in [1.54, 1.807) is 0 Å². The van der Waals surface area contributed by atoms with Gasteiger partial charge in [0.15, 0.2) is 8.32 Å². The molecule has 0 amide bonds. The van der Waals surface area contributed by atoms with E-state index in [9.17, 15) is 0 Å². The fraction of sp³-hybridized carbons (Fsp3) is 0.429. The minimum atomic E-state index is -1.75. The van der Waals surface area contributed by atoms with Crippen LogP contribution in [0.1, 0.15) is 20.8 Å². The van der Waals surface area contributed by atoms with Crippen LogP contribution in [0, 0.1) is 0 Å². The molecule has 2 heterocycles. The van der Waals surface area contributed by atoms with E-state index in [0.29, 0.717) is 25.8 Å². The Kier molecular flexibility index (Phi) is 5.88. The van der Waals surface area contributed by atoms with Crippen molar-refractivity contribution in [1.82, 2.24) is 14.5 Å². The number of fused-ring (bicyclic) bond motifs is 1. The van der Waals surface area contributed by atoms with Crippen LogP contribution in [0.3, 0.4) is 0 Å². The lowest BCUT2D eigenvalue weighted by atomic mass is 10.1. The number of anilines is 1. The summed E-state index contributed by atoms with van der Waals surface area (Å²) in [4.78, 5) is 8.59. The first-order valence-corrected chi connectivity index (χ1v) is 12.5. The molecule has 2 N–H and O–H groups in total. The fourth-order valence-electron chi connectivity index (χ4n) is 2.82. The van der Waals surface area contributed by atoms with Gasteiger partial charge in [-0.15, -0.1) is 0 Å². The third-order valence-corrected chi connectivity index (χ3v) is 10.0. The van der Waals surface area contributed by atoms with Crippen LogP contribution in [0.5, 0.6) is 0 Å². The van der Waals surface area contributed by atoms with E-state index in [1.807, 2.05) is 29.0 Å². The predicted molar refractivity (Wildman–Crippen MR) is 116 cm³/mol. The van der Waals surface area contributed by atoms with Crippen molar-refractivity contribution in [2.75, 3.05) is 18.9 Å². The Labute approximate surface area is 167 Å². The number of rotatable bonds is 7. The van der Waals surface area contributed by atoms with Crippen molar-refractivity contribution in [3.63, 3.8) is 0 Å². The van der Waals surface area contributed by atoms with Gasteiger partial charge in [0.05, 0.1) is 18.6 Å². The molecule has 0 atom stereocenters. The van der Waals surface area contributed by atoms with Crippen molar-refractivity contribution in [3.05, 3.63) is 42.9 Å². The molecule has 0 saturated heterocycles. The topological polar surface area (TPSA) is 75.2 Å². The van der Waals surface area contributed by atoms with Crippen molar-refractivity contribution in [2.45, 2.75) is 45.6 Å². The number of benzene rings is 1. The Balaban J connectivity index is 1.72. The van der Waals surface area contributed by atoms with Gasteiger partial charge in [-0.2, -0.15) is 0 Å². The molecule has 6 nitrogen and oxygen atoms in total. The summed E-state index contributed by atoms with van der Waals surface area (Å²) < 4.78 is 14.0. The normalized spacial score (nSPS) is 12.6. The molecule has 0 aliphatic heterocycles. The molecule has 3 aromatic rings. The Morgan fingerprint density at radius 1 is 1.07 bits per heavy atom. The van der Waals surface area contributed by atoms with E-state index >= 15 is 0 Å². The highest BCUT2D eigenvalue weighted by Gasteiger charge is 2.36. The van der Waals surface area contributed by atoms with Crippen LogP contribution in [0.4, 0.5) is 5.82 Å². The predicted octanol–water partition coefficient (Wildman–Crippen LogP) is 4.68. The largest absolute Gasteiger partial charge is 0.414 e. The number of nitrogen functional groups attached to an aromatic ring is 1. The minimum absolute atomic E-state index is 0.197. The third kappa shape index (κ3) is 4.27. The first-order chi connectivity index (χ1) is 13.2. The lowest BCUT2D eigenvalue weighted by Crippen LogP contribution is -2.41. The van der Waals surface area contributed by atoms with Gasteiger partial charge in [0.1, 0.15) is 24.5 Å². The summed E-state index contributed by atoms with van der Waals surface area (Å²) in [6.07, 6.45) is 3.52. The average Bonchev–Trinajstić information content (AvgIpc) is 3.01. The molecule has 3 rings (SSSR count). The number of hydrogen-bond acceptors (Lipinski definition) is 5. The van der Waals surface area contributed by atoms with E-state index in [4.69, 9.17) is 14.9 Å². The van der Waals surface area contributed by atoms with Crippen molar-refractivity contribution in [3.8, 4) is 11.1 Å². The molecule has 0 saturated carbocycles. The highest BCUT2D eigenvalue weighted by molar-refractivity contribution is 6.74. The maximum atomic E-state index is 6.17. The molecule has 7 heteroatoms. The second-order valence-corrected chi connectivity index (χ2v) is 13.3. The second-order valence-electron chi connectivity index (χ2n) is 8.48. The number of nitrogens with two attached hydrogens (primary N) is 1. The van der Waals surface area contributed by atoms with Crippen LogP contribution in [0.25, 0.3) is 22.2 Å². The quantitative estimate of drug-likeness (QED) is 0.462. The van der Waals surface area contributed by atoms with Crippen LogP contribution >= 0.6 is 0 Å². The first kappa shape index (κ1) is 20.5. The zero-order chi connectivity index (χ0) is 20.4. The molecule has 28 heavy (non-hydrogen) atoms. The Bertz CT molecular complexity index is 933. The van der Waals surface area contributed by atoms with E-state index in [2.05, 4.69) is 56.0 Å². The summed E-state index contributed by atoms with van der Waals surface area (Å²) in [5.41, 5.74) is 9.01. The van der Waals surface area contributed by atoms with Crippen LogP contribution in [0.15, 0.2) is 42.9 Å². The van der Waals surface area contributed by atoms with Gasteiger partial charge in [-0.25, -0.2) is 9.97 Å². The monoisotopic (exact) mass is 398 g/mol. The SMILES string of the molecule is CC(C)(C)[Si](C)(C)OCCOCn1cc(-c2ccccc2)c2c(N)ncnc21. The Morgan fingerprint density at radius 2 is 1.79 bits per heavy atom. The molecule has 0 aliphatic rings. The van der Waals surface area contributed by atoms with Gasteiger partial charge in [-0.1, -0.05) is 51.1 Å². The number of aromatic nitrogens is 3. The molecule has 150 valence electrons. The molecule has 1 aromatic carbocycles. The number of hydrogen-bond donors (Lipinski definition) is 1. The maximum Gasteiger partial charge on any atom is 0.192 e. The third-order valence-electron chi connectivity index (χ3n) is 5.49. The smallest absolute Gasteiger partial charge is 0.192 e. The molecule has 0 aliphatic carbocycles. The van der Waals surface area contributed by atoms with E-state index in [0.717, 1.165) is 22.2 Å². The molecular weight excluding hydrogens is 368 g/mol. The molecule has 0 spiro atoms. The van der Waals surface area contributed by atoms with Gasteiger partial charge in [0.2, 0.25) is 0 Å². The van der Waals surface area contributed by atoms with Crippen LogP contribution < -0.4 is 5.73 Å². The fourth-order valence-corrected chi connectivity index (χ4v) is 3.84. The van der Waals surface area contributed by atoms with Gasteiger partial charge >= 0.3 is 0 Å². The Morgan fingerprint density at radius 3 is 2.46 bits per heavy atom. The highest BCUT2D eigenvalue weighted by atomic mass is 28.4. The van der Waals surface area contributed by atoms with Gasteiger partial charge in [0, 0.05) is 11.8 Å². The van der Waals surface area contributed by atoms with Crippen LogP contribution in [-0.4, -0.2) is 36.1 Å². The summed E-state index contributed by atoms with van der Waals surface area (Å²) in [6, 6.07) is 10.1. The van der Waals surface area contributed by atoms with Crippen LogP contribution in [0.2, 0.25) is 18.1 Å². The van der Waals surface area contributed by atoms with Gasteiger partial charge in [-0.05, 0) is 23.7 Å². The molecular formula is C21H30N4O2Si. The maximum absolute atomic E-state index is 6.17. The summed E-state index contributed by atoms with van der Waals surface area (Å²) in [6.45, 7) is 12.7. The van der Waals surface area contributed by atoms with Gasteiger partial charge < -0.3 is 19.5 Å².